The molecule has 3 rings (SSSR count). The van der Waals surface area contributed by atoms with Gasteiger partial charge in [-0.1, -0.05) is 21.1 Å². The molecule has 21 heavy (non-hydrogen) atoms. The summed E-state index contributed by atoms with van der Waals surface area (Å²) in [6.45, 7) is 4.56. The normalized spacial score (nSPS) is 18.8. The lowest BCUT2D eigenvalue weighted by Crippen LogP contribution is -2.20. The Morgan fingerprint density at radius 2 is 2.38 bits per heavy atom. The van der Waals surface area contributed by atoms with Crippen molar-refractivity contribution in [1.29, 1.82) is 5.26 Å². The van der Waals surface area contributed by atoms with E-state index in [-0.39, 0.29) is 0 Å². The molecule has 0 spiro atoms. The summed E-state index contributed by atoms with van der Waals surface area (Å²) in [5.41, 5.74) is 1.83. The van der Waals surface area contributed by atoms with Crippen molar-refractivity contribution in [3.05, 3.63) is 45.5 Å². The van der Waals surface area contributed by atoms with E-state index in [2.05, 4.69) is 37.0 Å². The molecule has 1 unspecified atom stereocenters. The zero-order valence-electron chi connectivity index (χ0n) is 11.7. The Hall–Kier alpha value is -1.71. The minimum atomic E-state index is 0.309. The number of halogens is 1. The molecule has 5 nitrogen and oxygen atoms in total. The van der Waals surface area contributed by atoms with Crippen LogP contribution in [0.3, 0.4) is 0 Å². The maximum absolute atomic E-state index is 9.00. The van der Waals surface area contributed by atoms with Crippen LogP contribution in [0.1, 0.15) is 35.2 Å². The first-order valence-corrected chi connectivity index (χ1v) is 7.66. The van der Waals surface area contributed by atoms with Gasteiger partial charge < -0.3 is 4.52 Å². The van der Waals surface area contributed by atoms with E-state index in [1.165, 1.54) is 0 Å². The first-order chi connectivity index (χ1) is 10.2. The molecule has 2 heterocycles. The smallest absolute Gasteiger partial charge is 0.231 e. The van der Waals surface area contributed by atoms with Gasteiger partial charge in [0.15, 0.2) is 5.82 Å². The minimum Gasteiger partial charge on any atom is -0.339 e. The molecule has 108 valence electrons. The van der Waals surface area contributed by atoms with Crippen LogP contribution in [0.4, 0.5) is 0 Å². The summed E-state index contributed by atoms with van der Waals surface area (Å²) in [5, 5.41) is 12.9. The molecular weight excluding hydrogens is 332 g/mol. The molecule has 1 aliphatic rings. The van der Waals surface area contributed by atoms with Crippen LogP contribution in [0.25, 0.3) is 0 Å². The van der Waals surface area contributed by atoms with Crippen molar-refractivity contribution >= 4 is 15.9 Å². The molecule has 6 heteroatoms. The molecule has 0 radical (unpaired) electrons. The van der Waals surface area contributed by atoms with Crippen molar-refractivity contribution < 1.29 is 4.52 Å². The summed E-state index contributed by atoms with van der Waals surface area (Å²) >= 11 is 3.55. The van der Waals surface area contributed by atoms with Crippen molar-refractivity contribution in [2.75, 3.05) is 13.1 Å². The van der Waals surface area contributed by atoms with Crippen LogP contribution < -0.4 is 0 Å². The maximum atomic E-state index is 9.00. The largest absolute Gasteiger partial charge is 0.339 e. The molecule has 1 aromatic heterocycles. The Morgan fingerprint density at radius 3 is 3.10 bits per heavy atom. The summed E-state index contributed by atoms with van der Waals surface area (Å²) in [5.74, 6) is 1.73. The van der Waals surface area contributed by atoms with Crippen molar-refractivity contribution in [3.63, 3.8) is 0 Å². The van der Waals surface area contributed by atoms with Gasteiger partial charge in [0.1, 0.15) is 0 Å². The standard InChI is InChI=1S/C15H15BrN4O/c1-10-18-15(21-19-10)12-4-5-20(8-12)9-13-6-11(7-17)2-3-14(13)16/h2-3,6,12H,4-5,8-9H2,1H3. The predicted octanol–water partition coefficient (Wildman–Crippen LogP) is 3.00. The molecular formula is C15H15BrN4O. The van der Waals surface area contributed by atoms with E-state index in [1.807, 2.05) is 25.1 Å². The van der Waals surface area contributed by atoms with Gasteiger partial charge in [-0.25, -0.2) is 0 Å². The van der Waals surface area contributed by atoms with Crippen LogP contribution in [0, 0.1) is 18.3 Å². The summed E-state index contributed by atoms with van der Waals surface area (Å²) < 4.78 is 6.31. The van der Waals surface area contributed by atoms with Gasteiger partial charge in [-0.05, 0) is 43.7 Å². The molecule has 0 N–H and O–H groups in total. The zero-order valence-corrected chi connectivity index (χ0v) is 13.3. The summed E-state index contributed by atoms with van der Waals surface area (Å²) in [7, 11) is 0. The highest BCUT2D eigenvalue weighted by Crippen LogP contribution is 2.28. The Labute approximate surface area is 131 Å². The third-order valence-corrected chi connectivity index (χ3v) is 4.51. The highest BCUT2D eigenvalue weighted by molar-refractivity contribution is 9.10. The molecule has 0 amide bonds. The first-order valence-electron chi connectivity index (χ1n) is 6.87. The Balaban J connectivity index is 1.69. The van der Waals surface area contributed by atoms with Gasteiger partial charge in [-0.15, -0.1) is 0 Å². The van der Waals surface area contributed by atoms with E-state index < -0.39 is 0 Å². The molecule has 0 saturated carbocycles. The van der Waals surface area contributed by atoms with E-state index in [9.17, 15) is 0 Å². The molecule has 2 aromatic rings. The highest BCUT2D eigenvalue weighted by Gasteiger charge is 2.28. The van der Waals surface area contributed by atoms with Crippen LogP contribution in [0.5, 0.6) is 0 Å². The fourth-order valence-corrected chi connectivity index (χ4v) is 3.04. The summed E-state index contributed by atoms with van der Waals surface area (Å²) in [6, 6.07) is 7.88. The molecule has 1 aliphatic heterocycles. The van der Waals surface area contributed by atoms with Gasteiger partial charge >= 0.3 is 0 Å². The Morgan fingerprint density at radius 1 is 1.52 bits per heavy atom. The molecule has 0 bridgehead atoms. The second-order valence-electron chi connectivity index (χ2n) is 5.32. The van der Waals surface area contributed by atoms with Gasteiger partial charge in [0.2, 0.25) is 5.89 Å². The molecule has 1 saturated heterocycles. The maximum Gasteiger partial charge on any atom is 0.231 e. The van der Waals surface area contributed by atoms with Crippen molar-refractivity contribution in [1.82, 2.24) is 15.0 Å². The second kappa shape index (κ2) is 5.96. The van der Waals surface area contributed by atoms with Crippen LogP contribution in [-0.4, -0.2) is 28.1 Å². The second-order valence-corrected chi connectivity index (χ2v) is 6.17. The third kappa shape index (κ3) is 3.14. The number of hydrogen-bond donors (Lipinski definition) is 0. The number of benzene rings is 1. The number of aromatic nitrogens is 2. The third-order valence-electron chi connectivity index (χ3n) is 3.73. The van der Waals surface area contributed by atoms with Crippen molar-refractivity contribution in [3.8, 4) is 6.07 Å². The molecule has 1 atom stereocenters. The molecule has 0 aliphatic carbocycles. The number of likely N-dealkylation sites (tertiary alicyclic amines) is 1. The number of nitriles is 1. The highest BCUT2D eigenvalue weighted by atomic mass is 79.9. The predicted molar refractivity (Wildman–Crippen MR) is 80.5 cm³/mol. The average molecular weight is 347 g/mol. The summed E-state index contributed by atoms with van der Waals surface area (Å²) in [6.07, 6.45) is 1.02. The van der Waals surface area contributed by atoms with Gasteiger partial charge in [-0.3, -0.25) is 4.90 Å². The van der Waals surface area contributed by atoms with Crippen molar-refractivity contribution in [2.24, 2.45) is 0 Å². The minimum absolute atomic E-state index is 0.309. The van der Waals surface area contributed by atoms with Crippen LogP contribution >= 0.6 is 15.9 Å². The number of nitrogens with zero attached hydrogens (tertiary/aromatic N) is 4. The van der Waals surface area contributed by atoms with Crippen molar-refractivity contribution in [2.45, 2.75) is 25.8 Å². The van der Waals surface area contributed by atoms with Gasteiger partial charge in [0.25, 0.3) is 0 Å². The van der Waals surface area contributed by atoms with Gasteiger partial charge in [-0.2, -0.15) is 10.2 Å². The topological polar surface area (TPSA) is 66.0 Å². The van der Waals surface area contributed by atoms with Crippen LogP contribution in [0.15, 0.2) is 27.2 Å². The number of hydrogen-bond acceptors (Lipinski definition) is 5. The Bertz CT molecular complexity index is 691. The average Bonchev–Trinajstić information content (AvgIpc) is 3.10. The van der Waals surface area contributed by atoms with E-state index in [0.29, 0.717) is 17.3 Å². The van der Waals surface area contributed by atoms with E-state index in [4.69, 9.17) is 9.78 Å². The monoisotopic (exact) mass is 346 g/mol. The number of rotatable bonds is 3. The van der Waals surface area contributed by atoms with Crippen LogP contribution in [0.2, 0.25) is 0 Å². The van der Waals surface area contributed by atoms with E-state index in [0.717, 1.165) is 42.0 Å². The van der Waals surface area contributed by atoms with E-state index in [1.54, 1.807) is 0 Å². The number of aryl methyl sites for hydroxylation is 1. The fraction of sp³-hybridized carbons (Fsp3) is 0.400. The van der Waals surface area contributed by atoms with E-state index >= 15 is 0 Å². The fourth-order valence-electron chi connectivity index (χ4n) is 2.66. The lowest BCUT2D eigenvalue weighted by Gasteiger charge is -2.16. The lowest BCUT2D eigenvalue weighted by molar-refractivity contribution is 0.308. The molecule has 1 fully saturated rings. The Kier molecular flexibility index (Phi) is 4.04. The lowest BCUT2D eigenvalue weighted by atomic mass is 10.1. The first kappa shape index (κ1) is 14.2. The van der Waals surface area contributed by atoms with Crippen LogP contribution in [-0.2, 0) is 6.54 Å². The summed E-state index contributed by atoms with van der Waals surface area (Å²) in [4.78, 5) is 6.67. The molecule has 1 aromatic carbocycles. The quantitative estimate of drug-likeness (QED) is 0.854. The SMILES string of the molecule is Cc1noc(C2CCN(Cc3cc(C#N)ccc3Br)C2)n1. The zero-order chi connectivity index (χ0) is 14.8. The van der Waals surface area contributed by atoms with Gasteiger partial charge in [0.05, 0.1) is 17.6 Å². The van der Waals surface area contributed by atoms with Gasteiger partial charge in [0, 0.05) is 17.6 Å².